The maximum absolute atomic E-state index is 5.89. The Bertz CT molecular complexity index is 1930. The van der Waals surface area contributed by atoms with E-state index in [0.29, 0.717) is 11.8 Å². The molecule has 1 aliphatic rings. The zero-order valence-electron chi connectivity index (χ0n) is 24.8. The summed E-state index contributed by atoms with van der Waals surface area (Å²) in [5.74, 6) is 1.68. The molecule has 0 amide bonds. The summed E-state index contributed by atoms with van der Waals surface area (Å²) in [5, 5.41) is 8.16. The number of imidazole rings is 1. The lowest BCUT2D eigenvalue weighted by atomic mass is 9.81. The van der Waals surface area contributed by atoms with Gasteiger partial charge in [0.05, 0.1) is 41.1 Å². The van der Waals surface area contributed by atoms with Gasteiger partial charge in [-0.05, 0) is 105 Å². The van der Waals surface area contributed by atoms with E-state index in [9.17, 15) is 0 Å². The Morgan fingerprint density at radius 3 is 2.47 bits per heavy atom. The SMILES string of the molecule is Cc1cc(Nc2ccc3nc(-c4ccc(Nc5cc(C)nc6ccc(C7C[C@@H](C)OC[C@H]7C)cc56)cn4)[nH]c3c2)ccn1. The Morgan fingerprint density at radius 1 is 0.791 bits per heavy atom. The molecule has 216 valence electrons. The van der Waals surface area contributed by atoms with Crippen LogP contribution < -0.4 is 10.6 Å². The third-order valence-electron chi connectivity index (χ3n) is 8.26. The maximum Gasteiger partial charge on any atom is 0.157 e. The quantitative estimate of drug-likeness (QED) is 0.186. The van der Waals surface area contributed by atoms with Crippen molar-refractivity contribution in [2.45, 2.75) is 46.1 Å². The van der Waals surface area contributed by atoms with E-state index in [1.807, 2.05) is 56.4 Å². The van der Waals surface area contributed by atoms with Gasteiger partial charge in [0.2, 0.25) is 0 Å². The second kappa shape index (κ2) is 11.1. The van der Waals surface area contributed by atoms with Crippen LogP contribution in [-0.2, 0) is 4.74 Å². The van der Waals surface area contributed by atoms with Crippen LogP contribution in [0.4, 0.5) is 22.7 Å². The van der Waals surface area contributed by atoms with Gasteiger partial charge in [0.15, 0.2) is 5.82 Å². The summed E-state index contributed by atoms with van der Waals surface area (Å²) < 4.78 is 5.89. The molecule has 0 saturated carbocycles. The number of H-pyrrole nitrogens is 1. The van der Waals surface area contributed by atoms with E-state index in [4.69, 9.17) is 19.7 Å². The molecule has 6 aromatic rings. The zero-order valence-corrected chi connectivity index (χ0v) is 24.8. The molecule has 0 radical (unpaired) electrons. The lowest BCUT2D eigenvalue weighted by molar-refractivity contribution is -0.0118. The minimum atomic E-state index is 0.275. The van der Waals surface area contributed by atoms with Crippen molar-refractivity contribution >= 4 is 44.7 Å². The van der Waals surface area contributed by atoms with E-state index in [0.717, 1.165) is 80.6 Å². The summed E-state index contributed by atoms with van der Waals surface area (Å²) in [5.41, 5.74) is 10.8. The Hall–Kier alpha value is -4.82. The van der Waals surface area contributed by atoms with Crippen LogP contribution in [0.5, 0.6) is 0 Å². The summed E-state index contributed by atoms with van der Waals surface area (Å²) in [7, 11) is 0. The van der Waals surface area contributed by atoms with Crippen LogP contribution >= 0.6 is 0 Å². The highest BCUT2D eigenvalue weighted by Crippen LogP contribution is 2.37. The number of nitrogens with one attached hydrogen (secondary N) is 3. The van der Waals surface area contributed by atoms with Crippen LogP contribution in [0.1, 0.15) is 43.1 Å². The largest absolute Gasteiger partial charge is 0.378 e. The first-order valence-corrected chi connectivity index (χ1v) is 14.8. The monoisotopic (exact) mass is 569 g/mol. The summed E-state index contributed by atoms with van der Waals surface area (Å²) in [6.45, 7) is 9.26. The highest BCUT2D eigenvalue weighted by Gasteiger charge is 2.27. The molecule has 7 rings (SSSR count). The fourth-order valence-electron chi connectivity index (χ4n) is 6.03. The van der Waals surface area contributed by atoms with E-state index >= 15 is 0 Å². The van der Waals surface area contributed by atoms with Crippen LogP contribution in [0.2, 0.25) is 0 Å². The molecule has 1 unspecified atom stereocenters. The predicted octanol–water partition coefficient (Wildman–Crippen LogP) is 8.20. The van der Waals surface area contributed by atoms with Crippen molar-refractivity contribution in [3.63, 3.8) is 0 Å². The van der Waals surface area contributed by atoms with Crippen molar-refractivity contribution in [1.82, 2.24) is 24.9 Å². The van der Waals surface area contributed by atoms with Crippen LogP contribution in [-0.4, -0.2) is 37.6 Å². The molecule has 0 spiro atoms. The van der Waals surface area contributed by atoms with Gasteiger partial charge in [0.1, 0.15) is 5.69 Å². The fourth-order valence-corrected chi connectivity index (χ4v) is 6.03. The van der Waals surface area contributed by atoms with Crippen molar-refractivity contribution in [3.8, 4) is 11.5 Å². The van der Waals surface area contributed by atoms with Gasteiger partial charge in [0, 0.05) is 40.0 Å². The van der Waals surface area contributed by atoms with E-state index < -0.39 is 0 Å². The predicted molar refractivity (Wildman–Crippen MR) is 173 cm³/mol. The van der Waals surface area contributed by atoms with Gasteiger partial charge >= 0.3 is 0 Å². The van der Waals surface area contributed by atoms with Gasteiger partial charge in [-0.3, -0.25) is 15.0 Å². The number of aromatic amines is 1. The number of benzene rings is 2. The molecule has 2 aromatic carbocycles. The number of ether oxygens (including phenoxy) is 1. The molecule has 1 aliphatic heterocycles. The number of pyridine rings is 3. The number of anilines is 4. The Kier molecular flexibility index (Phi) is 6.99. The molecule has 0 bridgehead atoms. The molecule has 5 heterocycles. The van der Waals surface area contributed by atoms with Crippen molar-refractivity contribution < 1.29 is 4.74 Å². The highest BCUT2D eigenvalue weighted by molar-refractivity contribution is 5.94. The standard InChI is InChI=1S/C35H35N7O/c1-20-19-43-23(4)15-28(20)24-5-8-30-29(16-24)33(14-22(3)38-30)40-27-7-10-32(37-18-27)35-41-31-9-6-25(17-34(31)42-35)39-26-11-12-36-21(2)13-26/h5-14,16-18,20,23,28H,15,19H2,1-4H3,(H,36,39)(H,38,40)(H,41,42)/t20-,23-,28?/m1/s1. The summed E-state index contributed by atoms with van der Waals surface area (Å²) in [4.78, 5) is 22.0. The second-order valence-electron chi connectivity index (χ2n) is 11.7. The molecule has 8 heteroatoms. The van der Waals surface area contributed by atoms with Crippen LogP contribution in [0, 0.1) is 19.8 Å². The minimum absolute atomic E-state index is 0.275. The Labute approximate surface area is 251 Å². The molecule has 43 heavy (non-hydrogen) atoms. The molecule has 1 fully saturated rings. The van der Waals surface area contributed by atoms with E-state index in [1.165, 1.54) is 5.56 Å². The summed E-state index contributed by atoms with van der Waals surface area (Å²) >= 11 is 0. The van der Waals surface area contributed by atoms with Crippen molar-refractivity contribution in [2.24, 2.45) is 5.92 Å². The van der Waals surface area contributed by atoms with E-state index in [2.05, 4.69) is 64.8 Å². The zero-order chi connectivity index (χ0) is 29.5. The average molecular weight is 570 g/mol. The number of hydrogen-bond donors (Lipinski definition) is 3. The number of aryl methyl sites for hydroxylation is 2. The molecule has 3 N–H and O–H groups in total. The van der Waals surface area contributed by atoms with E-state index in [1.54, 1.807) is 6.20 Å². The number of nitrogens with zero attached hydrogens (tertiary/aromatic N) is 4. The molecular formula is C35H35N7O. The van der Waals surface area contributed by atoms with Gasteiger partial charge in [0.25, 0.3) is 0 Å². The third kappa shape index (κ3) is 5.66. The second-order valence-corrected chi connectivity index (χ2v) is 11.7. The summed E-state index contributed by atoms with van der Waals surface area (Å²) in [6.07, 6.45) is 4.97. The van der Waals surface area contributed by atoms with Crippen LogP contribution in [0.15, 0.2) is 79.1 Å². The van der Waals surface area contributed by atoms with Gasteiger partial charge < -0.3 is 20.4 Å². The normalized spacial score (nSPS) is 18.7. The third-order valence-corrected chi connectivity index (χ3v) is 8.26. The van der Waals surface area contributed by atoms with Crippen molar-refractivity contribution in [2.75, 3.05) is 17.2 Å². The Morgan fingerprint density at radius 2 is 1.63 bits per heavy atom. The topological polar surface area (TPSA) is 101 Å². The molecule has 3 atom stereocenters. The van der Waals surface area contributed by atoms with Crippen LogP contribution in [0.25, 0.3) is 33.5 Å². The van der Waals surface area contributed by atoms with Crippen molar-refractivity contribution in [3.05, 3.63) is 96.1 Å². The van der Waals surface area contributed by atoms with Gasteiger partial charge in [-0.15, -0.1) is 0 Å². The number of aromatic nitrogens is 5. The van der Waals surface area contributed by atoms with Crippen molar-refractivity contribution in [1.29, 1.82) is 0 Å². The molecule has 0 aliphatic carbocycles. The average Bonchev–Trinajstić information content (AvgIpc) is 3.42. The first-order valence-electron chi connectivity index (χ1n) is 14.8. The number of fused-ring (bicyclic) bond motifs is 2. The Balaban J connectivity index is 1.13. The van der Waals surface area contributed by atoms with Gasteiger partial charge in [-0.25, -0.2) is 4.98 Å². The lowest BCUT2D eigenvalue weighted by Crippen LogP contribution is -2.29. The minimum Gasteiger partial charge on any atom is -0.378 e. The molecule has 8 nitrogen and oxygen atoms in total. The lowest BCUT2D eigenvalue weighted by Gasteiger charge is -2.33. The molecular weight excluding hydrogens is 534 g/mol. The van der Waals surface area contributed by atoms with Gasteiger partial charge in [-0.1, -0.05) is 13.0 Å². The smallest absolute Gasteiger partial charge is 0.157 e. The molecule has 1 saturated heterocycles. The number of hydrogen-bond acceptors (Lipinski definition) is 7. The maximum atomic E-state index is 5.89. The van der Waals surface area contributed by atoms with E-state index in [-0.39, 0.29) is 6.10 Å². The first kappa shape index (κ1) is 27.0. The first-order chi connectivity index (χ1) is 20.9. The molecule has 4 aromatic heterocycles. The van der Waals surface area contributed by atoms with Gasteiger partial charge in [-0.2, -0.15) is 0 Å². The van der Waals surface area contributed by atoms with Crippen LogP contribution in [0.3, 0.4) is 0 Å². The fraction of sp³-hybridized carbons (Fsp3) is 0.257. The highest BCUT2D eigenvalue weighted by atomic mass is 16.5. The summed E-state index contributed by atoms with van der Waals surface area (Å²) in [6, 6.07) is 22.9. The number of rotatable bonds is 6.